The first-order valence-electron chi connectivity index (χ1n) is 6.83. The first-order chi connectivity index (χ1) is 9.65. The molecule has 0 radical (unpaired) electrons. The van der Waals surface area contributed by atoms with Crippen molar-refractivity contribution in [2.75, 3.05) is 26.2 Å². The average Bonchev–Trinajstić information content (AvgIpc) is 2.86. The summed E-state index contributed by atoms with van der Waals surface area (Å²) in [5.41, 5.74) is 0.896. The molecule has 4 nitrogen and oxygen atoms in total. The standard InChI is InChI=1S/C14H20F2N2O2/c1-11(13-4-2-3-6-17-13)19-9-8-18-7-5-12(10-18)20-14(15)16/h2-4,6,11-12,14H,5,7-10H2,1H3/t11-,12+/m1/s1. The second kappa shape index (κ2) is 7.61. The van der Waals surface area contributed by atoms with Gasteiger partial charge in [-0.3, -0.25) is 9.88 Å². The van der Waals surface area contributed by atoms with Crippen LogP contribution >= 0.6 is 0 Å². The van der Waals surface area contributed by atoms with Crippen molar-refractivity contribution in [1.82, 2.24) is 9.88 Å². The van der Waals surface area contributed by atoms with Gasteiger partial charge in [-0.2, -0.15) is 8.78 Å². The molecular formula is C14H20F2N2O2. The first kappa shape index (κ1) is 15.3. The Morgan fingerprint density at radius 3 is 3.00 bits per heavy atom. The lowest BCUT2D eigenvalue weighted by molar-refractivity contribution is -0.158. The number of rotatable bonds is 7. The highest BCUT2D eigenvalue weighted by atomic mass is 19.3. The van der Waals surface area contributed by atoms with Gasteiger partial charge in [0, 0.05) is 25.8 Å². The molecule has 0 aliphatic carbocycles. The molecule has 20 heavy (non-hydrogen) atoms. The van der Waals surface area contributed by atoms with Crippen LogP contribution < -0.4 is 0 Å². The van der Waals surface area contributed by atoms with Crippen LogP contribution in [0.2, 0.25) is 0 Å². The SMILES string of the molecule is C[C@@H](OCCN1CC[C@H](OC(F)F)C1)c1ccccn1. The Hall–Kier alpha value is -1.11. The van der Waals surface area contributed by atoms with Gasteiger partial charge in [-0.1, -0.05) is 6.07 Å². The summed E-state index contributed by atoms with van der Waals surface area (Å²) in [6, 6.07) is 5.71. The molecule has 1 saturated heterocycles. The summed E-state index contributed by atoms with van der Waals surface area (Å²) in [4.78, 5) is 6.31. The van der Waals surface area contributed by atoms with Crippen LogP contribution in [-0.4, -0.2) is 48.8 Å². The molecular weight excluding hydrogens is 266 g/mol. The summed E-state index contributed by atoms with van der Waals surface area (Å²) in [6.45, 7) is 1.87. The number of pyridine rings is 1. The normalized spacial score (nSPS) is 21.5. The Labute approximate surface area is 117 Å². The van der Waals surface area contributed by atoms with Crippen molar-refractivity contribution in [2.45, 2.75) is 32.2 Å². The maximum Gasteiger partial charge on any atom is 0.345 e. The number of alkyl halides is 2. The Morgan fingerprint density at radius 2 is 2.30 bits per heavy atom. The summed E-state index contributed by atoms with van der Waals surface area (Å²) < 4.78 is 34.4. The predicted octanol–water partition coefficient (Wildman–Crippen LogP) is 2.47. The minimum atomic E-state index is -2.68. The predicted molar refractivity (Wildman–Crippen MR) is 70.5 cm³/mol. The smallest absolute Gasteiger partial charge is 0.345 e. The summed E-state index contributed by atoms with van der Waals surface area (Å²) >= 11 is 0. The van der Waals surface area contributed by atoms with E-state index in [1.165, 1.54) is 0 Å². The molecule has 2 heterocycles. The third-order valence-corrected chi connectivity index (χ3v) is 3.40. The van der Waals surface area contributed by atoms with Gasteiger partial charge in [0.25, 0.3) is 0 Å². The minimum absolute atomic E-state index is 0.0630. The lowest BCUT2D eigenvalue weighted by atomic mass is 10.2. The van der Waals surface area contributed by atoms with Gasteiger partial charge in [0.2, 0.25) is 0 Å². The number of aromatic nitrogens is 1. The van der Waals surface area contributed by atoms with Crippen molar-refractivity contribution in [2.24, 2.45) is 0 Å². The van der Waals surface area contributed by atoms with E-state index in [-0.39, 0.29) is 12.2 Å². The quantitative estimate of drug-likeness (QED) is 0.771. The summed E-state index contributed by atoms with van der Waals surface area (Å²) in [5.74, 6) is 0. The highest BCUT2D eigenvalue weighted by Crippen LogP contribution is 2.16. The molecule has 1 aromatic rings. The van der Waals surface area contributed by atoms with E-state index in [1.54, 1.807) is 6.20 Å². The number of hydrogen-bond donors (Lipinski definition) is 0. The lowest BCUT2D eigenvalue weighted by Crippen LogP contribution is -2.28. The van der Waals surface area contributed by atoms with Crippen molar-refractivity contribution in [3.8, 4) is 0 Å². The fourth-order valence-corrected chi connectivity index (χ4v) is 2.32. The Kier molecular flexibility index (Phi) is 5.82. The van der Waals surface area contributed by atoms with Crippen LogP contribution in [0.4, 0.5) is 8.78 Å². The van der Waals surface area contributed by atoms with E-state index in [4.69, 9.17) is 4.74 Å². The lowest BCUT2D eigenvalue weighted by Gasteiger charge is -2.18. The van der Waals surface area contributed by atoms with E-state index in [0.717, 1.165) is 18.8 Å². The Morgan fingerprint density at radius 1 is 1.45 bits per heavy atom. The van der Waals surface area contributed by atoms with Crippen molar-refractivity contribution in [3.63, 3.8) is 0 Å². The maximum absolute atomic E-state index is 12.1. The zero-order valence-electron chi connectivity index (χ0n) is 11.5. The number of hydrogen-bond acceptors (Lipinski definition) is 4. The van der Waals surface area contributed by atoms with Gasteiger partial charge in [-0.25, -0.2) is 0 Å². The molecule has 2 atom stereocenters. The highest BCUT2D eigenvalue weighted by Gasteiger charge is 2.25. The van der Waals surface area contributed by atoms with E-state index < -0.39 is 6.61 Å². The topological polar surface area (TPSA) is 34.6 Å². The fourth-order valence-electron chi connectivity index (χ4n) is 2.32. The molecule has 0 N–H and O–H groups in total. The average molecular weight is 286 g/mol. The number of likely N-dealkylation sites (tertiary alicyclic amines) is 1. The van der Waals surface area contributed by atoms with Crippen LogP contribution in [0.1, 0.15) is 25.1 Å². The monoisotopic (exact) mass is 286 g/mol. The van der Waals surface area contributed by atoms with Gasteiger partial charge in [0.15, 0.2) is 0 Å². The molecule has 1 fully saturated rings. The molecule has 6 heteroatoms. The Balaban J connectivity index is 1.64. The van der Waals surface area contributed by atoms with E-state index in [2.05, 4.69) is 14.6 Å². The maximum atomic E-state index is 12.1. The van der Waals surface area contributed by atoms with Crippen LogP contribution in [0.15, 0.2) is 24.4 Å². The molecule has 0 spiro atoms. The van der Waals surface area contributed by atoms with Crippen molar-refractivity contribution >= 4 is 0 Å². The van der Waals surface area contributed by atoms with Gasteiger partial charge < -0.3 is 9.47 Å². The van der Waals surface area contributed by atoms with Crippen molar-refractivity contribution in [3.05, 3.63) is 30.1 Å². The second-order valence-corrected chi connectivity index (χ2v) is 4.88. The third-order valence-electron chi connectivity index (χ3n) is 3.40. The van der Waals surface area contributed by atoms with Gasteiger partial charge in [0.05, 0.1) is 24.5 Å². The largest absolute Gasteiger partial charge is 0.371 e. The summed E-state index contributed by atoms with van der Waals surface area (Å²) in [5, 5.41) is 0. The first-order valence-corrected chi connectivity index (χ1v) is 6.83. The molecule has 112 valence electrons. The highest BCUT2D eigenvalue weighted by molar-refractivity contribution is 5.05. The molecule has 0 saturated carbocycles. The van der Waals surface area contributed by atoms with Gasteiger partial charge >= 0.3 is 6.61 Å². The zero-order valence-corrected chi connectivity index (χ0v) is 11.5. The van der Waals surface area contributed by atoms with Gasteiger partial charge in [-0.05, 0) is 25.5 Å². The van der Waals surface area contributed by atoms with Crippen molar-refractivity contribution in [1.29, 1.82) is 0 Å². The summed E-state index contributed by atoms with van der Waals surface area (Å²) in [7, 11) is 0. The number of ether oxygens (including phenoxy) is 2. The van der Waals surface area contributed by atoms with E-state index in [0.29, 0.717) is 19.6 Å². The van der Waals surface area contributed by atoms with Crippen LogP contribution in [0.5, 0.6) is 0 Å². The Bertz CT molecular complexity index is 392. The second-order valence-electron chi connectivity index (χ2n) is 4.88. The van der Waals surface area contributed by atoms with Crippen LogP contribution in [0.3, 0.4) is 0 Å². The molecule has 2 rings (SSSR count). The van der Waals surface area contributed by atoms with Crippen molar-refractivity contribution < 1.29 is 18.3 Å². The van der Waals surface area contributed by atoms with E-state index in [1.807, 2.05) is 25.1 Å². The number of halogens is 2. The fraction of sp³-hybridized carbons (Fsp3) is 0.643. The van der Waals surface area contributed by atoms with Crippen LogP contribution in [0, 0.1) is 0 Å². The molecule has 1 aliphatic heterocycles. The van der Waals surface area contributed by atoms with Gasteiger partial charge in [-0.15, -0.1) is 0 Å². The molecule has 1 aliphatic rings. The number of nitrogens with zero attached hydrogens (tertiary/aromatic N) is 2. The molecule has 0 amide bonds. The van der Waals surface area contributed by atoms with Crippen LogP contribution in [-0.2, 0) is 9.47 Å². The minimum Gasteiger partial charge on any atom is -0.371 e. The zero-order chi connectivity index (χ0) is 14.4. The van der Waals surface area contributed by atoms with E-state index in [9.17, 15) is 8.78 Å². The molecule has 1 aromatic heterocycles. The summed E-state index contributed by atoms with van der Waals surface area (Å²) in [6.07, 6.45) is 1.97. The van der Waals surface area contributed by atoms with Crippen LogP contribution in [0.25, 0.3) is 0 Å². The van der Waals surface area contributed by atoms with E-state index >= 15 is 0 Å². The third kappa shape index (κ3) is 4.77. The molecule has 0 unspecified atom stereocenters. The van der Waals surface area contributed by atoms with Gasteiger partial charge in [0.1, 0.15) is 0 Å². The molecule has 0 aromatic carbocycles. The molecule has 0 bridgehead atoms.